The molecule has 0 aliphatic rings. The molecule has 21 heavy (non-hydrogen) atoms. The van der Waals surface area contributed by atoms with Gasteiger partial charge in [0.25, 0.3) is 0 Å². The van der Waals surface area contributed by atoms with Crippen molar-refractivity contribution in [1.82, 2.24) is 5.32 Å². The van der Waals surface area contributed by atoms with Crippen LogP contribution in [0.5, 0.6) is 0 Å². The van der Waals surface area contributed by atoms with E-state index in [0.29, 0.717) is 11.4 Å². The van der Waals surface area contributed by atoms with Crippen LogP contribution < -0.4 is 5.32 Å². The number of hydrogen-bond acceptors (Lipinski definition) is 3. The minimum absolute atomic E-state index is 0.180. The van der Waals surface area contributed by atoms with Crippen molar-refractivity contribution in [2.45, 2.75) is 44.8 Å². The Balaban J connectivity index is 2.82. The molecule has 0 aliphatic heterocycles. The molecule has 0 amide bonds. The first-order valence-electron chi connectivity index (χ1n) is 7.36. The molecule has 1 aromatic rings. The molecule has 0 aliphatic carbocycles. The molecule has 0 saturated carbocycles. The Bertz CT molecular complexity index is 532. The van der Waals surface area contributed by atoms with E-state index in [0.717, 1.165) is 18.7 Å². The quantitative estimate of drug-likeness (QED) is 0.829. The zero-order chi connectivity index (χ0) is 16.1. The van der Waals surface area contributed by atoms with Crippen LogP contribution >= 0.6 is 11.6 Å². The van der Waals surface area contributed by atoms with Gasteiger partial charge in [-0.2, -0.15) is 0 Å². The van der Waals surface area contributed by atoms with Crippen LogP contribution in [0.1, 0.15) is 45.6 Å². The lowest BCUT2D eigenvalue weighted by Gasteiger charge is -2.22. The molecule has 1 N–H and O–H groups in total. The molecule has 0 radical (unpaired) electrons. The van der Waals surface area contributed by atoms with E-state index in [1.807, 2.05) is 31.2 Å². The summed E-state index contributed by atoms with van der Waals surface area (Å²) in [4.78, 5) is 0. The van der Waals surface area contributed by atoms with Crippen LogP contribution in [-0.4, -0.2) is 32.0 Å². The molecule has 120 valence electrons. The summed E-state index contributed by atoms with van der Waals surface area (Å²) in [5.41, 5.74) is 1.13. The highest BCUT2D eigenvalue weighted by atomic mass is 35.5. The van der Waals surface area contributed by atoms with Crippen molar-refractivity contribution in [3.63, 3.8) is 0 Å². The maximum absolute atomic E-state index is 12.3. The van der Waals surface area contributed by atoms with Crippen LogP contribution in [0.3, 0.4) is 0 Å². The summed E-state index contributed by atoms with van der Waals surface area (Å²) in [5.74, 6) is 0.384. The highest BCUT2D eigenvalue weighted by Crippen LogP contribution is 2.25. The smallest absolute Gasteiger partial charge is 0.155 e. The van der Waals surface area contributed by atoms with Gasteiger partial charge in [0.15, 0.2) is 9.84 Å². The largest absolute Gasteiger partial charge is 0.316 e. The maximum Gasteiger partial charge on any atom is 0.155 e. The first-order chi connectivity index (χ1) is 9.67. The molecule has 0 spiro atoms. The van der Waals surface area contributed by atoms with Crippen LogP contribution in [0.25, 0.3) is 0 Å². The van der Waals surface area contributed by atoms with E-state index in [2.05, 4.69) is 5.32 Å². The summed E-state index contributed by atoms with van der Waals surface area (Å²) in [5, 5.41) is 4.01. The van der Waals surface area contributed by atoms with Crippen molar-refractivity contribution >= 4 is 21.4 Å². The monoisotopic (exact) mass is 331 g/mol. The average molecular weight is 332 g/mol. The van der Waals surface area contributed by atoms with Gasteiger partial charge >= 0.3 is 0 Å². The molecular weight excluding hydrogens is 306 g/mol. The second-order valence-electron chi connectivity index (χ2n) is 6.28. The lowest BCUT2D eigenvalue weighted by molar-refractivity contribution is 0.541. The van der Waals surface area contributed by atoms with Crippen molar-refractivity contribution in [3.8, 4) is 0 Å². The van der Waals surface area contributed by atoms with Gasteiger partial charge in [-0.15, -0.1) is 0 Å². The SMILES string of the molecule is CCNCC(CCS(=O)(=O)C(C)(C)C)c1ccc(Cl)cc1. The standard InChI is InChI=1S/C16H26ClNO2S/c1-5-18-12-14(13-6-8-15(17)9-7-13)10-11-21(19,20)16(2,3)4/h6-9,14,18H,5,10-12H2,1-4H3. The second kappa shape index (κ2) is 7.61. The summed E-state index contributed by atoms with van der Waals surface area (Å²) in [6.45, 7) is 8.95. The normalized spacial score (nSPS) is 14.1. The Morgan fingerprint density at radius 2 is 1.76 bits per heavy atom. The highest BCUT2D eigenvalue weighted by Gasteiger charge is 2.29. The van der Waals surface area contributed by atoms with Crippen molar-refractivity contribution in [2.24, 2.45) is 0 Å². The number of benzene rings is 1. The van der Waals surface area contributed by atoms with Gasteiger partial charge in [0.05, 0.1) is 10.5 Å². The Labute approximate surface area is 134 Å². The molecule has 1 atom stereocenters. The van der Waals surface area contributed by atoms with Crippen molar-refractivity contribution in [1.29, 1.82) is 0 Å². The topological polar surface area (TPSA) is 46.2 Å². The molecule has 1 rings (SSSR count). The first kappa shape index (κ1) is 18.5. The van der Waals surface area contributed by atoms with Gasteiger partial charge in [0.2, 0.25) is 0 Å². The summed E-state index contributed by atoms with van der Waals surface area (Å²) in [6, 6.07) is 7.67. The molecule has 0 heterocycles. The van der Waals surface area contributed by atoms with Crippen molar-refractivity contribution in [2.75, 3.05) is 18.8 Å². The maximum atomic E-state index is 12.3. The van der Waals surface area contributed by atoms with Gasteiger partial charge in [-0.1, -0.05) is 30.7 Å². The number of hydrogen-bond donors (Lipinski definition) is 1. The average Bonchev–Trinajstić information content (AvgIpc) is 2.39. The number of halogens is 1. The number of nitrogens with one attached hydrogen (secondary N) is 1. The fourth-order valence-electron chi connectivity index (χ4n) is 2.04. The second-order valence-corrected chi connectivity index (χ2v) is 9.57. The van der Waals surface area contributed by atoms with E-state index < -0.39 is 14.6 Å². The third-order valence-electron chi connectivity index (χ3n) is 3.65. The van der Waals surface area contributed by atoms with E-state index >= 15 is 0 Å². The third kappa shape index (κ3) is 5.61. The molecule has 0 fully saturated rings. The third-order valence-corrected chi connectivity index (χ3v) is 6.54. The number of rotatable bonds is 7. The van der Waals surface area contributed by atoms with Gasteiger partial charge in [0, 0.05) is 11.6 Å². The summed E-state index contributed by atoms with van der Waals surface area (Å²) < 4.78 is 23.8. The van der Waals surface area contributed by atoms with Gasteiger partial charge in [-0.3, -0.25) is 0 Å². The highest BCUT2D eigenvalue weighted by molar-refractivity contribution is 7.92. The Kier molecular flexibility index (Phi) is 6.70. The zero-order valence-electron chi connectivity index (χ0n) is 13.3. The van der Waals surface area contributed by atoms with Gasteiger partial charge in [-0.05, 0) is 57.4 Å². The van der Waals surface area contributed by atoms with Crippen LogP contribution in [0.4, 0.5) is 0 Å². The molecular formula is C16H26ClNO2S. The predicted molar refractivity (Wildman–Crippen MR) is 90.9 cm³/mol. The summed E-state index contributed by atoms with van der Waals surface area (Å²) in [7, 11) is -3.09. The lowest BCUT2D eigenvalue weighted by atomic mass is 9.96. The molecule has 5 heteroatoms. The summed E-state index contributed by atoms with van der Waals surface area (Å²) in [6.07, 6.45) is 0.619. The predicted octanol–water partition coefficient (Wildman–Crippen LogP) is 3.64. The fraction of sp³-hybridized carbons (Fsp3) is 0.625. The number of likely N-dealkylation sites (N-methyl/N-ethyl adjacent to an activating group) is 1. The van der Waals surface area contributed by atoms with Crippen LogP contribution in [0.2, 0.25) is 5.02 Å². The molecule has 1 unspecified atom stereocenters. The van der Waals surface area contributed by atoms with Gasteiger partial charge in [0.1, 0.15) is 0 Å². The van der Waals surface area contributed by atoms with E-state index in [1.165, 1.54) is 0 Å². The minimum Gasteiger partial charge on any atom is -0.316 e. The fourth-order valence-corrected chi connectivity index (χ4v) is 3.38. The minimum atomic E-state index is -3.09. The van der Waals surface area contributed by atoms with Crippen molar-refractivity contribution in [3.05, 3.63) is 34.9 Å². The first-order valence-corrected chi connectivity index (χ1v) is 9.39. The number of sulfone groups is 1. The zero-order valence-corrected chi connectivity index (χ0v) is 14.9. The lowest BCUT2D eigenvalue weighted by Crippen LogP contribution is -2.32. The van der Waals surface area contributed by atoms with E-state index in [1.54, 1.807) is 20.8 Å². The van der Waals surface area contributed by atoms with E-state index in [9.17, 15) is 8.42 Å². The Hall–Kier alpha value is -0.580. The molecule has 0 bridgehead atoms. The van der Waals surface area contributed by atoms with Gasteiger partial charge < -0.3 is 5.32 Å². The van der Waals surface area contributed by atoms with E-state index in [-0.39, 0.29) is 11.7 Å². The Morgan fingerprint density at radius 3 is 2.24 bits per heavy atom. The van der Waals surface area contributed by atoms with Crippen LogP contribution in [-0.2, 0) is 9.84 Å². The van der Waals surface area contributed by atoms with Gasteiger partial charge in [-0.25, -0.2) is 8.42 Å². The van der Waals surface area contributed by atoms with Crippen LogP contribution in [0, 0.1) is 0 Å². The van der Waals surface area contributed by atoms with E-state index in [4.69, 9.17) is 11.6 Å². The summed E-state index contributed by atoms with van der Waals surface area (Å²) >= 11 is 5.92. The van der Waals surface area contributed by atoms with Crippen LogP contribution in [0.15, 0.2) is 24.3 Å². The molecule has 3 nitrogen and oxygen atoms in total. The Morgan fingerprint density at radius 1 is 1.19 bits per heavy atom. The molecule has 1 aromatic carbocycles. The molecule has 0 saturated heterocycles. The molecule has 0 aromatic heterocycles. The van der Waals surface area contributed by atoms with Crippen molar-refractivity contribution < 1.29 is 8.42 Å².